The largest absolute Gasteiger partial charge is 0.349 e. The van der Waals surface area contributed by atoms with Crippen molar-refractivity contribution in [3.63, 3.8) is 0 Å². The SMILES string of the molecule is C[C@H](NC(=O)C1CCC(N)CC1)c1cccc(Br)c1. The number of amides is 1. The first-order chi connectivity index (χ1) is 9.06. The van der Waals surface area contributed by atoms with Crippen molar-refractivity contribution in [2.24, 2.45) is 11.7 Å². The second-order valence-corrected chi connectivity index (χ2v) is 6.31. The van der Waals surface area contributed by atoms with Gasteiger partial charge in [-0.15, -0.1) is 0 Å². The van der Waals surface area contributed by atoms with Crippen LogP contribution in [-0.2, 0) is 4.79 Å². The van der Waals surface area contributed by atoms with E-state index in [0.29, 0.717) is 0 Å². The Morgan fingerprint density at radius 2 is 2.05 bits per heavy atom. The number of halogens is 1. The summed E-state index contributed by atoms with van der Waals surface area (Å²) in [7, 11) is 0. The molecule has 1 saturated carbocycles. The number of rotatable bonds is 3. The summed E-state index contributed by atoms with van der Waals surface area (Å²) in [6.45, 7) is 2.02. The minimum Gasteiger partial charge on any atom is -0.349 e. The Labute approximate surface area is 123 Å². The number of nitrogens with one attached hydrogen (secondary N) is 1. The van der Waals surface area contributed by atoms with E-state index in [-0.39, 0.29) is 23.9 Å². The van der Waals surface area contributed by atoms with Crippen LogP contribution < -0.4 is 11.1 Å². The molecule has 1 fully saturated rings. The minimum absolute atomic E-state index is 0.0422. The predicted octanol–water partition coefficient (Wildman–Crippen LogP) is 3.14. The zero-order valence-corrected chi connectivity index (χ0v) is 12.8. The Bertz CT molecular complexity index is 442. The van der Waals surface area contributed by atoms with E-state index in [4.69, 9.17) is 5.73 Å². The van der Waals surface area contributed by atoms with E-state index in [1.165, 1.54) is 0 Å². The van der Waals surface area contributed by atoms with Crippen molar-refractivity contribution in [1.29, 1.82) is 0 Å². The van der Waals surface area contributed by atoms with Gasteiger partial charge >= 0.3 is 0 Å². The summed E-state index contributed by atoms with van der Waals surface area (Å²) >= 11 is 3.45. The Hall–Kier alpha value is -0.870. The van der Waals surface area contributed by atoms with Crippen LogP contribution in [-0.4, -0.2) is 11.9 Å². The molecule has 0 aromatic heterocycles. The van der Waals surface area contributed by atoms with Gasteiger partial charge in [-0.25, -0.2) is 0 Å². The van der Waals surface area contributed by atoms with E-state index >= 15 is 0 Å². The van der Waals surface area contributed by atoms with Gasteiger partial charge in [0, 0.05) is 16.4 Å². The molecule has 19 heavy (non-hydrogen) atoms. The topological polar surface area (TPSA) is 55.1 Å². The molecular formula is C15H21BrN2O. The van der Waals surface area contributed by atoms with Crippen molar-refractivity contribution >= 4 is 21.8 Å². The number of carbonyl (C=O) groups is 1. The quantitative estimate of drug-likeness (QED) is 0.897. The lowest BCUT2D eigenvalue weighted by molar-refractivity contribution is -0.126. The second kappa shape index (κ2) is 6.53. The number of hydrogen-bond donors (Lipinski definition) is 2. The van der Waals surface area contributed by atoms with Crippen molar-refractivity contribution in [3.8, 4) is 0 Å². The van der Waals surface area contributed by atoms with Crippen molar-refractivity contribution < 1.29 is 4.79 Å². The maximum atomic E-state index is 12.2. The molecule has 0 saturated heterocycles. The molecule has 3 nitrogen and oxygen atoms in total. The molecule has 0 aliphatic heterocycles. The van der Waals surface area contributed by atoms with Crippen LogP contribution in [0.25, 0.3) is 0 Å². The van der Waals surface area contributed by atoms with E-state index in [9.17, 15) is 4.79 Å². The van der Waals surface area contributed by atoms with E-state index in [1.807, 2.05) is 31.2 Å². The molecule has 1 atom stereocenters. The fourth-order valence-electron chi connectivity index (χ4n) is 2.57. The molecule has 1 aliphatic rings. The highest BCUT2D eigenvalue weighted by Gasteiger charge is 2.25. The van der Waals surface area contributed by atoms with E-state index < -0.39 is 0 Å². The second-order valence-electron chi connectivity index (χ2n) is 5.40. The van der Waals surface area contributed by atoms with Crippen molar-refractivity contribution in [3.05, 3.63) is 34.3 Å². The van der Waals surface area contributed by atoms with Crippen LogP contribution in [0.2, 0.25) is 0 Å². The average Bonchev–Trinajstić information content (AvgIpc) is 2.39. The minimum atomic E-state index is 0.0422. The van der Waals surface area contributed by atoms with Crippen LogP contribution in [0.15, 0.2) is 28.7 Å². The molecule has 0 heterocycles. The number of nitrogens with two attached hydrogens (primary N) is 1. The van der Waals surface area contributed by atoms with Crippen LogP contribution >= 0.6 is 15.9 Å². The summed E-state index contributed by atoms with van der Waals surface area (Å²) in [5, 5.41) is 3.11. The molecule has 1 aliphatic carbocycles. The van der Waals surface area contributed by atoms with Crippen molar-refractivity contribution in [2.45, 2.75) is 44.7 Å². The highest BCUT2D eigenvalue weighted by molar-refractivity contribution is 9.10. The first-order valence-corrected chi connectivity index (χ1v) is 7.67. The molecule has 0 bridgehead atoms. The Kier molecular flexibility index (Phi) is 4.99. The molecule has 104 valence electrons. The normalized spacial score (nSPS) is 24.8. The number of hydrogen-bond acceptors (Lipinski definition) is 2. The lowest BCUT2D eigenvalue weighted by Crippen LogP contribution is -2.37. The molecule has 0 radical (unpaired) electrons. The van der Waals surface area contributed by atoms with Crippen LogP contribution in [0.1, 0.15) is 44.2 Å². The standard InChI is InChI=1S/C15H21BrN2O/c1-10(12-3-2-4-13(16)9-12)18-15(19)11-5-7-14(17)8-6-11/h2-4,9-11,14H,5-8,17H2,1H3,(H,18,19)/t10-,11?,14?/m0/s1. The van der Waals surface area contributed by atoms with Crippen molar-refractivity contribution in [1.82, 2.24) is 5.32 Å². The van der Waals surface area contributed by atoms with Crippen LogP contribution in [0.5, 0.6) is 0 Å². The van der Waals surface area contributed by atoms with Crippen LogP contribution in [0.3, 0.4) is 0 Å². The molecule has 2 rings (SSSR count). The van der Waals surface area contributed by atoms with Gasteiger partial charge < -0.3 is 11.1 Å². The van der Waals surface area contributed by atoms with Crippen LogP contribution in [0.4, 0.5) is 0 Å². The molecule has 0 unspecified atom stereocenters. The van der Waals surface area contributed by atoms with Gasteiger partial charge in [0.2, 0.25) is 5.91 Å². The predicted molar refractivity (Wildman–Crippen MR) is 80.6 cm³/mol. The van der Waals surface area contributed by atoms with Gasteiger partial charge in [0.05, 0.1) is 6.04 Å². The van der Waals surface area contributed by atoms with Gasteiger partial charge in [0.25, 0.3) is 0 Å². The molecular weight excluding hydrogens is 304 g/mol. The Morgan fingerprint density at radius 3 is 2.68 bits per heavy atom. The first-order valence-electron chi connectivity index (χ1n) is 6.87. The van der Waals surface area contributed by atoms with Gasteiger partial charge in [-0.1, -0.05) is 28.1 Å². The van der Waals surface area contributed by atoms with Gasteiger partial charge in [0.1, 0.15) is 0 Å². The monoisotopic (exact) mass is 324 g/mol. The summed E-state index contributed by atoms with van der Waals surface area (Å²) in [4.78, 5) is 12.2. The van der Waals surface area contributed by atoms with Gasteiger partial charge in [-0.05, 0) is 50.3 Å². The third kappa shape index (κ3) is 4.05. The first kappa shape index (κ1) is 14.5. The Morgan fingerprint density at radius 1 is 1.37 bits per heavy atom. The maximum Gasteiger partial charge on any atom is 0.223 e. The van der Waals surface area contributed by atoms with E-state index in [1.54, 1.807) is 0 Å². The average molecular weight is 325 g/mol. The molecule has 1 amide bonds. The van der Waals surface area contributed by atoms with Gasteiger partial charge in [0.15, 0.2) is 0 Å². The zero-order chi connectivity index (χ0) is 13.8. The summed E-state index contributed by atoms with van der Waals surface area (Å²) < 4.78 is 1.04. The maximum absolute atomic E-state index is 12.2. The van der Waals surface area contributed by atoms with E-state index in [2.05, 4.69) is 21.2 Å². The third-order valence-electron chi connectivity index (χ3n) is 3.85. The lowest BCUT2D eigenvalue weighted by atomic mass is 9.85. The summed E-state index contributed by atoms with van der Waals surface area (Å²) in [6, 6.07) is 8.38. The highest BCUT2D eigenvalue weighted by Crippen LogP contribution is 2.25. The number of benzene rings is 1. The smallest absolute Gasteiger partial charge is 0.223 e. The van der Waals surface area contributed by atoms with Gasteiger partial charge in [-0.2, -0.15) is 0 Å². The van der Waals surface area contributed by atoms with E-state index in [0.717, 1.165) is 35.7 Å². The highest BCUT2D eigenvalue weighted by atomic mass is 79.9. The molecule has 4 heteroatoms. The zero-order valence-electron chi connectivity index (χ0n) is 11.2. The molecule has 3 N–H and O–H groups in total. The Balaban J connectivity index is 1.91. The molecule has 1 aromatic carbocycles. The fourth-order valence-corrected chi connectivity index (χ4v) is 2.99. The molecule has 1 aromatic rings. The summed E-state index contributed by atoms with van der Waals surface area (Å²) in [5.74, 6) is 0.300. The fraction of sp³-hybridized carbons (Fsp3) is 0.533. The van der Waals surface area contributed by atoms with Gasteiger partial charge in [-0.3, -0.25) is 4.79 Å². The summed E-state index contributed by atoms with van der Waals surface area (Å²) in [6.07, 6.45) is 3.75. The van der Waals surface area contributed by atoms with Crippen LogP contribution in [0, 0.1) is 5.92 Å². The third-order valence-corrected chi connectivity index (χ3v) is 4.34. The molecule has 0 spiro atoms. The summed E-state index contributed by atoms with van der Waals surface area (Å²) in [5.41, 5.74) is 6.99. The van der Waals surface area contributed by atoms with Crippen molar-refractivity contribution in [2.75, 3.05) is 0 Å². The lowest BCUT2D eigenvalue weighted by Gasteiger charge is -2.26. The number of carbonyl (C=O) groups excluding carboxylic acids is 1.